The highest BCUT2D eigenvalue weighted by molar-refractivity contribution is 9.11. The number of halogens is 2. The van der Waals surface area contributed by atoms with E-state index in [0.717, 1.165) is 20.9 Å². The lowest BCUT2D eigenvalue weighted by atomic mass is 9.95. The molecule has 0 fully saturated rings. The van der Waals surface area contributed by atoms with Gasteiger partial charge in [-0.1, -0.05) is 61.7 Å². The van der Waals surface area contributed by atoms with E-state index in [1.807, 2.05) is 12.1 Å². The number of nitrogens with two attached hydrogens (primary N) is 1. The molecule has 2 aromatic rings. The molecule has 2 aromatic carbocycles. The van der Waals surface area contributed by atoms with Crippen LogP contribution in [0.2, 0.25) is 0 Å². The van der Waals surface area contributed by atoms with E-state index < -0.39 is 0 Å². The molecule has 1 atom stereocenters. The average Bonchev–Trinajstić information content (AvgIpc) is 2.40. The Morgan fingerprint density at radius 1 is 1.10 bits per heavy atom. The molecule has 0 aromatic heterocycles. The summed E-state index contributed by atoms with van der Waals surface area (Å²) in [5, 5.41) is 0. The molecule has 4 heteroatoms. The number of rotatable bonds is 4. The second kappa shape index (κ2) is 6.85. The van der Waals surface area contributed by atoms with Crippen molar-refractivity contribution in [1.29, 1.82) is 0 Å². The van der Waals surface area contributed by atoms with Crippen molar-refractivity contribution in [2.75, 3.05) is 0 Å². The Morgan fingerprint density at radius 3 is 2.50 bits per heavy atom. The molecule has 0 aliphatic carbocycles. The fourth-order valence-electron chi connectivity index (χ4n) is 2.28. The summed E-state index contributed by atoms with van der Waals surface area (Å²) in [6.45, 7) is 4.25. The molecule has 3 N–H and O–H groups in total. The highest BCUT2D eigenvalue weighted by Gasteiger charge is 2.15. The lowest BCUT2D eigenvalue weighted by Gasteiger charge is -2.19. The topological polar surface area (TPSA) is 38.0 Å². The maximum Gasteiger partial charge on any atom is 0.0511 e. The molecule has 0 aliphatic rings. The molecule has 0 bridgehead atoms. The third-order valence-corrected chi connectivity index (χ3v) is 4.65. The summed E-state index contributed by atoms with van der Waals surface area (Å²) in [6, 6.07) is 12.8. The van der Waals surface area contributed by atoms with Crippen molar-refractivity contribution in [2.45, 2.75) is 26.3 Å². The molecular weight excluding hydrogens is 380 g/mol. The third kappa shape index (κ3) is 3.70. The Bertz CT molecular complexity index is 611. The minimum Gasteiger partial charge on any atom is -0.271 e. The lowest BCUT2D eigenvalue weighted by molar-refractivity contribution is 0.548. The number of aryl methyl sites for hydroxylation is 2. The molecule has 0 saturated heterocycles. The van der Waals surface area contributed by atoms with Crippen molar-refractivity contribution in [2.24, 2.45) is 5.84 Å². The van der Waals surface area contributed by atoms with Crippen LogP contribution in [0.25, 0.3) is 0 Å². The first kappa shape index (κ1) is 15.7. The summed E-state index contributed by atoms with van der Waals surface area (Å²) in [5.41, 5.74) is 7.98. The number of nitrogens with one attached hydrogen (secondary N) is 1. The summed E-state index contributed by atoms with van der Waals surface area (Å²) in [7, 11) is 0. The standard InChI is InChI=1S/C16H18Br2N2/c1-10-3-4-11(2)12(7-10)8-16(20-19)14-6-5-13(17)9-15(14)18/h3-7,9,16,20H,8,19H2,1-2H3. The van der Waals surface area contributed by atoms with E-state index in [1.165, 1.54) is 16.7 Å². The zero-order chi connectivity index (χ0) is 14.7. The zero-order valence-corrected chi connectivity index (χ0v) is 14.8. The predicted octanol–water partition coefficient (Wildman–Crippen LogP) is 4.58. The monoisotopic (exact) mass is 396 g/mol. The number of hydrogen-bond acceptors (Lipinski definition) is 2. The summed E-state index contributed by atoms with van der Waals surface area (Å²) in [4.78, 5) is 0. The molecule has 0 saturated carbocycles. The van der Waals surface area contributed by atoms with Crippen molar-refractivity contribution in [3.63, 3.8) is 0 Å². The van der Waals surface area contributed by atoms with E-state index in [-0.39, 0.29) is 6.04 Å². The van der Waals surface area contributed by atoms with Crippen LogP contribution in [0, 0.1) is 13.8 Å². The molecule has 2 rings (SSSR count). The minimum atomic E-state index is 0.0815. The van der Waals surface area contributed by atoms with Crippen LogP contribution in [0.3, 0.4) is 0 Å². The average molecular weight is 398 g/mol. The molecular formula is C16H18Br2N2. The van der Waals surface area contributed by atoms with Gasteiger partial charge in [0.2, 0.25) is 0 Å². The summed E-state index contributed by atoms with van der Waals surface area (Å²) >= 11 is 7.08. The minimum absolute atomic E-state index is 0.0815. The van der Waals surface area contributed by atoms with E-state index >= 15 is 0 Å². The lowest BCUT2D eigenvalue weighted by Crippen LogP contribution is -2.30. The van der Waals surface area contributed by atoms with Crippen molar-refractivity contribution in [3.8, 4) is 0 Å². The van der Waals surface area contributed by atoms with Crippen LogP contribution < -0.4 is 11.3 Å². The van der Waals surface area contributed by atoms with Gasteiger partial charge in [-0.15, -0.1) is 0 Å². The molecule has 0 radical (unpaired) electrons. The summed E-state index contributed by atoms with van der Waals surface area (Å²) < 4.78 is 2.11. The van der Waals surface area contributed by atoms with Gasteiger partial charge in [-0.05, 0) is 49.1 Å². The van der Waals surface area contributed by atoms with Crippen LogP contribution in [-0.4, -0.2) is 0 Å². The molecule has 0 spiro atoms. The second-order valence-corrected chi connectivity index (χ2v) is 6.79. The fourth-order valence-corrected chi connectivity index (χ4v) is 3.61. The highest BCUT2D eigenvalue weighted by atomic mass is 79.9. The third-order valence-electron chi connectivity index (χ3n) is 3.47. The zero-order valence-electron chi connectivity index (χ0n) is 11.6. The normalized spacial score (nSPS) is 12.4. The van der Waals surface area contributed by atoms with Gasteiger partial charge >= 0.3 is 0 Å². The van der Waals surface area contributed by atoms with Crippen molar-refractivity contribution < 1.29 is 0 Å². The second-order valence-electron chi connectivity index (χ2n) is 5.02. The molecule has 2 nitrogen and oxygen atoms in total. The maximum absolute atomic E-state index is 5.77. The quantitative estimate of drug-likeness (QED) is 0.585. The Morgan fingerprint density at radius 2 is 1.85 bits per heavy atom. The van der Waals surface area contributed by atoms with Crippen LogP contribution in [0.15, 0.2) is 45.3 Å². The molecule has 1 unspecified atom stereocenters. The van der Waals surface area contributed by atoms with Crippen molar-refractivity contribution in [1.82, 2.24) is 5.43 Å². The van der Waals surface area contributed by atoms with E-state index in [2.05, 4.69) is 75.4 Å². The Labute approximate surface area is 137 Å². The Balaban J connectivity index is 2.31. The van der Waals surface area contributed by atoms with Gasteiger partial charge in [0.1, 0.15) is 0 Å². The highest BCUT2D eigenvalue weighted by Crippen LogP contribution is 2.29. The first-order valence-corrected chi connectivity index (χ1v) is 8.07. The van der Waals surface area contributed by atoms with Gasteiger partial charge in [0.25, 0.3) is 0 Å². The summed E-state index contributed by atoms with van der Waals surface area (Å²) in [6.07, 6.45) is 0.865. The van der Waals surface area contributed by atoms with Gasteiger partial charge in [-0.2, -0.15) is 0 Å². The van der Waals surface area contributed by atoms with Crippen LogP contribution in [0.5, 0.6) is 0 Å². The van der Waals surface area contributed by atoms with Gasteiger partial charge in [0.05, 0.1) is 6.04 Å². The number of benzene rings is 2. The molecule has 20 heavy (non-hydrogen) atoms. The van der Waals surface area contributed by atoms with Gasteiger partial charge in [-0.25, -0.2) is 0 Å². The van der Waals surface area contributed by atoms with Gasteiger partial charge in [0.15, 0.2) is 0 Å². The maximum atomic E-state index is 5.77. The molecule has 0 heterocycles. The Kier molecular flexibility index (Phi) is 5.38. The van der Waals surface area contributed by atoms with Gasteiger partial charge < -0.3 is 0 Å². The van der Waals surface area contributed by atoms with Crippen LogP contribution >= 0.6 is 31.9 Å². The van der Waals surface area contributed by atoms with Crippen molar-refractivity contribution in [3.05, 3.63) is 67.6 Å². The van der Waals surface area contributed by atoms with E-state index in [9.17, 15) is 0 Å². The predicted molar refractivity (Wildman–Crippen MR) is 91.5 cm³/mol. The van der Waals surface area contributed by atoms with Crippen molar-refractivity contribution >= 4 is 31.9 Å². The van der Waals surface area contributed by atoms with E-state index in [1.54, 1.807) is 0 Å². The van der Waals surface area contributed by atoms with Gasteiger partial charge in [0, 0.05) is 8.95 Å². The van der Waals surface area contributed by atoms with E-state index in [4.69, 9.17) is 5.84 Å². The molecule has 0 aliphatic heterocycles. The van der Waals surface area contributed by atoms with E-state index in [0.29, 0.717) is 0 Å². The SMILES string of the molecule is Cc1ccc(C)c(CC(NN)c2ccc(Br)cc2Br)c1. The molecule has 0 amide bonds. The number of hydrogen-bond donors (Lipinski definition) is 2. The van der Waals surface area contributed by atoms with Gasteiger partial charge in [-0.3, -0.25) is 11.3 Å². The first-order chi connectivity index (χ1) is 9.51. The van der Waals surface area contributed by atoms with Crippen LogP contribution in [0.4, 0.5) is 0 Å². The first-order valence-electron chi connectivity index (χ1n) is 6.48. The summed E-state index contributed by atoms with van der Waals surface area (Å²) in [5.74, 6) is 5.77. The number of hydrazine groups is 1. The smallest absolute Gasteiger partial charge is 0.0511 e. The van der Waals surface area contributed by atoms with Crippen LogP contribution in [-0.2, 0) is 6.42 Å². The van der Waals surface area contributed by atoms with Crippen LogP contribution in [0.1, 0.15) is 28.3 Å². The largest absolute Gasteiger partial charge is 0.271 e. The fraction of sp³-hybridized carbons (Fsp3) is 0.250. The molecule has 106 valence electrons. The Hall–Kier alpha value is -0.680.